The molecule has 0 atom stereocenters. The number of nitrogens with one attached hydrogen (secondary N) is 3. The number of benzene rings is 2. The topological polar surface area (TPSA) is 88.7 Å². The Morgan fingerprint density at radius 1 is 1.00 bits per heavy atom. The lowest BCUT2D eigenvalue weighted by atomic mass is 10.1. The van der Waals surface area contributed by atoms with Crippen LogP contribution in [0, 0.1) is 5.92 Å². The fourth-order valence-electron chi connectivity index (χ4n) is 2.72. The Kier molecular flexibility index (Phi) is 10.4. The predicted octanol–water partition coefficient (Wildman–Crippen LogP) is 3.93. The van der Waals surface area contributed by atoms with Gasteiger partial charge in [0.1, 0.15) is 5.75 Å². The predicted molar refractivity (Wildman–Crippen MR) is 124 cm³/mol. The summed E-state index contributed by atoms with van der Waals surface area (Å²) in [5.74, 6) is 1.05. The molecule has 2 amide bonds. The monoisotopic (exact) mass is 427 g/mol. The zero-order chi connectivity index (χ0) is 22.5. The van der Waals surface area contributed by atoms with Crippen molar-refractivity contribution in [1.82, 2.24) is 5.32 Å². The summed E-state index contributed by atoms with van der Waals surface area (Å²) in [4.78, 5) is 24.3. The van der Waals surface area contributed by atoms with Crippen LogP contribution in [0.4, 0.5) is 11.4 Å². The van der Waals surface area contributed by atoms with E-state index in [-0.39, 0.29) is 18.4 Å². The molecule has 0 aromatic heterocycles. The molecule has 0 aliphatic rings. The Bertz CT molecular complexity index is 822. The van der Waals surface area contributed by atoms with Crippen molar-refractivity contribution >= 4 is 23.2 Å². The van der Waals surface area contributed by atoms with Gasteiger partial charge >= 0.3 is 0 Å². The van der Waals surface area contributed by atoms with E-state index in [1.807, 2.05) is 24.3 Å². The Hall–Kier alpha value is -3.06. The van der Waals surface area contributed by atoms with Gasteiger partial charge < -0.3 is 25.4 Å². The number of hydrogen-bond acceptors (Lipinski definition) is 5. The minimum absolute atomic E-state index is 0.122. The van der Waals surface area contributed by atoms with Gasteiger partial charge in [0, 0.05) is 43.3 Å². The molecule has 168 valence electrons. The van der Waals surface area contributed by atoms with Crippen molar-refractivity contribution in [2.75, 3.05) is 44.0 Å². The second-order valence-electron chi connectivity index (χ2n) is 7.64. The normalized spacial score (nSPS) is 10.6. The Morgan fingerprint density at radius 2 is 1.77 bits per heavy atom. The van der Waals surface area contributed by atoms with Crippen LogP contribution in [0.15, 0.2) is 48.5 Å². The molecule has 0 aliphatic carbocycles. The minimum Gasteiger partial charge on any atom is -0.494 e. The highest BCUT2D eigenvalue weighted by Gasteiger charge is 2.07. The van der Waals surface area contributed by atoms with Crippen LogP contribution in [-0.4, -0.2) is 45.2 Å². The van der Waals surface area contributed by atoms with Crippen molar-refractivity contribution in [3.05, 3.63) is 54.1 Å². The first kappa shape index (κ1) is 24.2. The highest BCUT2D eigenvalue weighted by molar-refractivity contribution is 5.96. The lowest BCUT2D eigenvalue weighted by molar-refractivity contribution is -0.114. The van der Waals surface area contributed by atoms with Gasteiger partial charge in [-0.1, -0.05) is 19.9 Å². The molecular formula is C24H33N3O4. The molecule has 2 aromatic carbocycles. The van der Waals surface area contributed by atoms with Crippen LogP contribution < -0.4 is 20.7 Å². The molecule has 0 unspecified atom stereocenters. The standard InChI is InChI=1S/C24H33N3O4/c1-18(2)12-15-31-22-7-4-6-21(16-22)26-17-23(28)27-20-10-8-19(9-11-20)24(29)25-13-5-14-30-3/h4,6-11,16,18,26H,5,12-15,17H2,1-3H3,(H,25,29)(H,27,28). The van der Waals surface area contributed by atoms with Crippen LogP contribution in [0.25, 0.3) is 0 Å². The first-order chi connectivity index (χ1) is 15.0. The zero-order valence-electron chi connectivity index (χ0n) is 18.6. The molecule has 7 heteroatoms. The summed E-state index contributed by atoms with van der Waals surface area (Å²) in [5, 5.41) is 8.75. The van der Waals surface area contributed by atoms with Crippen molar-refractivity contribution in [3.63, 3.8) is 0 Å². The summed E-state index contributed by atoms with van der Waals surface area (Å²) in [5.41, 5.74) is 1.99. The molecule has 0 saturated heterocycles. The zero-order valence-corrected chi connectivity index (χ0v) is 18.6. The van der Waals surface area contributed by atoms with Gasteiger partial charge in [0.15, 0.2) is 0 Å². The molecule has 0 bridgehead atoms. The van der Waals surface area contributed by atoms with E-state index < -0.39 is 0 Å². The maximum Gasteiger partial charge on any atom is 0.251 e. The first-order valence-corrected chi connectivity index (χ1v) is 10.6. The maximum absolute atomic E-state index is 12.2. The van der Waals surface area contributed by atoms with Crippen LogP contribution >= 0.6 is 0 Å². The smallest absolute Gasteiger partial charge is 0.251 e. The Balaban J connectivity index is 1.76. The van der Waals surface area contributed by atoms with Gasteiger partial charge in [-0.25, -0.2) is 0 Å². The Morgan fingerprint density at radius 3 is 2.48 bits per heavy atom. The van der Waals surface area contributed by atoms with Crippen LogP contribution in [0.1, 0.15) is 37.0 Å². The molecule has 2 aromatic rings. The summed E-state index contributed by atoms with van der Waals surface area (Å²) in [6.45, 7) is 6.27. The van der Waals surface area contributed by atoms with Gasteiger partial charge in [0.25, 0.3) is 5.91 Å². The van der Waals surface area contributed by atoms with Gasteiger partial charge in [-0.05, 0) is 55.2 Å². The molecular weight excluding hydrogens is 394 g/mol. The van der Waals surface area contributed by atoms with Crippen LogP contribution in [0.3, 0.4) is 0 Å². The highest BCUT2D eigenvalue weighted by atomic mass is 16.5. The van der Waals surface area contributed by atoms with Gasteiger partial charge in [-0.2, -0.15) is 0 Å². The van der Waals surface area contributed by atoms with Crippen molar-refractivity contribution in [2.24, 2.45) is 5.92 Å². The van der Waals surface area contributed by atoms with E-state index in [0.717, 1.165) is 24.3 Å². The fourth-order valence-corrected chi connectivity index (χ4v) is 2.72. The molecule has 3 N–H and O–H groups in total. The Labute approximate surface area is 184 Å². The molecule has 0 spiro atoms. The van der Waals surface area contributed by atoms with Gasteiger partial charge in [-0.15, -0.1) is 0 Å². The quantitative estimate of drug-likeness (QED) is 0.422. The minimum atomic E-state index is -0.178. The van der Waals surface area contributed by atoms with Crippen LogP contribution in [-0.2, 0) is 9.53 Å². The number of methoxy groups -OCH3 is 1. The van der Waals surface area contributed by atoms with Gasteiger partial charge in [0.2, 0.25) is 5.91 Å². The summed E-state index contributed by atoms with van der Waals surface area (Å²) in [6.07, 6.45) is 1.75. The molecule has 0 aliphatic heterocycles. The van der Waals surface area contributed by atoms with Crippen molar-refractivity contribution in [2.45, 2.75) is 26.7 Å². The summed E-state index contributed by atoms with van der Waals surface area (Å²) in [6, 6.07) is 14.4. The summed E-state index contributed by atoms with van der Waals surface area (Å²) < 4.78 is 10.7. The average Bonchev–Trinajstić information content (AvgIpc) is 2.76. The summed E-state index contributed by atoms with van der Waals surface area (Å²) >= 11 is 0. The largest absolute Gasteiger partial charge is 0.494 e. The van der Waals surface area contributed by atoms with Crippen molar-refractivity contribution in [3.8, 4) is 5.75 Å². The number of anilines is 2. The van der Waals surface area contributed by atoms with E-state index in [9.17, 15) is 9.59 Å². The number of carbonyl (C=O) groups is 2. The van der Waals surface area contributed by atoms with Gasteiger partial charge in [-0.3, -0.25) is 9.59 Å². The lowest BCUT2D eigenvalue weighted by Crippen LogP contribution is -2.25. The maximum atomic E-state index is 12.2. The average molecular weight is 428 g/mol. The number of ether oxygens (including phenoxy) is 2. The van der Waals surface area contributed by atoms with E-state index in [4.69, 9.17) is 9.47 Å². The van der Waals surface area contributed by atoms with E-state index in [1.54, 1.807) is 31.4 Å². The van der Waals surface area contributed by atoms with Gasteiger partial charge in [0.05, 0.1) is 13.2 Å². The molecule has 0 radical (unpaired) electrons. The van der Waals surface area contributed by atoms with E-state index in [1.165, 1.54) is 0 Å². The molecule has 7 nitrogen and oxygen atoms in total. The number of hydrogen-bond donors (Lipinski definition) is 3. The molecule has 2 rings (SSSR count). The molecule has 31 heavy (non-hydrogen) atoms. The number of rotatable bonds is 13. The third-order valence-electron chi connectivity index (χ3n) is 4.49. The number of amides is 2. The molecule has 0 heterocycles. The summed E-state index contributed by atoms with van der Waals surface area (Å²) in [7, 11) is 1.63. The molecule has 0 saturated carbocycles. The second-order valence-corrected chi connectivity index (χ2v) is 7.64. The second kappa shape index (κ2) is 13.3. The van der Waals surface area contributed by atoms with Crippen molar-refractivity contribution < 1.29 is 19.1 Å². The first-order valence-electron chi connectivity index (χ1n) is 10.6. The molecule has 0 fully saturated rings. The van der Waals surface area contributed by atoms with Crippen LogP contribution in [0.5, 0.6) is 5.75 Å². The third-order valence-corrected chi connectivity index (χ3v) is 4.49. The highest BCUT2D eigenvalue weighted by Crippen LogP contribution is 2.18. The third kappa shape index (κ3) is 9.53. The van der Waals surface area contributed by atoms with E-state index >= 15 is 0 Å². The van der Waals surface area contributed by atoms with E-state index in [2.05, 4.69) is 29.8 Å². The number of carbonyl (C=O) groups excluding carboxylic acids is 2. The SMILES string of the molecule is COCCCNC(=O)c1ccc(NC(=O)CNc2cccc(OCCC(C)C)c2)cc1. The van der Waals surface area contributed by atoms with Crippen molar-refractivity contribution in [1.29, 1.82) is 0 Å². The van der Waals surface area contributed by atoms with E-state index in [0.29, 0.717) is 36.9 Å². The van der Waals surface area contributed by atoms with Crippen LogP contribution in [0.2, 0.25) is 0 Å². The fraction of sp³-hybridized carbons (Fsp3) is 0.417. The lowest BCUT2D eigenvalue weighted by Gasteiger charge is -2.11.